The normalized spacial score (nSPS) is 10.5. The summed E-state index contributed by atoms with van der Waals surface area (Å²) in [7, 11) is 0. The molecule has 2 nitrogen and oxygen atoms in total. The number of hydrogen-bond donors (Lipinski definition) is 1. The van der Waals surface area contributed by atoms with Crippen molar-refractivity contribution in [2.75, 3.05) is 5.73 Å². The van der Waals surface area contributed by atoms with E-state index < -0.39 is 5.82 Å². The van der Waals surface area contributed by atoms with Gasteiger partial charge in [-0.3, -0.25) is 0 Å². The summed E-state index contributed by atoms with van der Waals surface area (Å²) < 4.78 is 13.0. The van der Waals surface area contributed by atoms with Gasteiger partial charge in [-0.05, 0) is 36.2 Å². The second-order valence-corrected chi connectivity index (χ2v) is 4.32. The van der Waals surface area contributed by atoms with Crippen molar-refractivity contribution in [3.63, 3.8) is 0 Å². The molecule has 0 unspecified atom stereocenters. The molecule has 0 fully saturated rings. The van der Waals surface area contributed by atoms with Crippen LogP contribution in [0.4, 0.5) is 10.2 Å². The molecular formula is C13H12ClFN2. The Bertz CT molecular complexity index is 535. The maximum atomic E-state index is 13.0. The number of nitrogen functional groups attached to an aromatic ring is 1. The van der Waals surface area contributed by atoms with Crippen molar-refractivity contribution in [3.05, 3.63) is 58.0 Å². The summed E-state index contributed by atoms with van der Waals surface area (Å²) in [5.41, 5.74) is 8.76. The molecule has 2 N–H and O–H groups in total. The number of benzene rings is 1. The summed E-state index contributed by atoms with van der Waals surface area (Å²) in [6, 6.07) is 6.58. The Morgan fingerprint density at radius 1 is 1.35 bits per heavy atom. The van der Waals surface area contributed by atoms with Crippen molar-refractivity contribution in [2.45, 2.75) is 13.3 Å². The highest BCUT2D eigenvalue weighted by atomic mass is 35.5. The number of aryl methyl sites for hydroxylation is 1. The minimum Gasteiger partial charge on any atom is -0.383 e. The first kappa shape index (κ1) is 11.9. The molecule has 1 heterocycles. The van der Waals surface area contributed by atoms with E-state index in [1.807, 2.05) is 13.0 Å². The van der Waals surface area contributed by atoms with Crippen LogP contribution < -0.4 is 5.73 Å². The molecule has 1 aromatic heterocycles. The van der Waals surface area contributed by atoms with Crippen LogP contribution in [0.3, 0.4) is 0 Å². The number of halogens is 2. The van der Waals surface area contributed by atoms with Crippen molar-refractivity contribution in [2.24, 2.45) is 0 Å². The molecule has 0 aliphatic heterocycles. The molecular weight excluding hydrogens is 239 g/mol. The average molecular weight is 251 g/mol. The standard InChI is InChI=1S/C13H12ClFN2/c1-8-4-5-17-13(16)10(8)6-9-2-3-12(15)11(14)7-9/h2-5,7H,6H2,1H3,(H2,16,17). The molecule has 1 aromatic carbocycles. The summed E-state index contributed by atoms with van der Waals surface area (Å²) in [6.45, 7) is 1.97. The van der Waals surface area contributed by atoms with E-state index in [4.69, 9.17) is 17.3 Å². The van der Waals surface area contributed by atoms with Gasteiger partial charge in [0.15, 0.2) is 0 Å². The van der Waals surface area contributed by atoms with Gasteiger partial charge in [0.25, 0.3) is 0 Å². The third-order valence-electron chi connectivity index (χ3n) is 2.69. The largest absolute Gasteiger partial charge is 0.383 e. The number of pyridine rings is 1. The van der Waals surface area contributed by atoms with Gasteiger partial charge in [0.1, 0.15) is 11.6 Å². The third kappa shape index (κ3) is 2.56. The van der Waals surface area contributed by atoms with Crippen LogP contribution in [-0.4, -0.2) is 4.98 Å². The van der Waals surface area contributed by atoms with Gasteiger partial charge >= 0.3 is 0 Å². The summed E-state index contributed by atoms with van der Waals surface area (Å²) in [5.74, 6) is 0.0942. The van der Waals surface area contributed by atoms with Gasteiger partial charge in [-0.1, -0.05) is 17.7 Å². The van der Waals surface area contributed by atoms with Crippen LogP contribution in [0.15, 0.2) is 30.5 Å². The highest BCUT2D eigenvalue weighted by molar-refractivity contribution is 6.30. The van der Waals surface area contributed by atoms with Crippen LogP contribution in [-0.2, 0) is 6.42 Å². The molecule has 0 amide bonds. The Morgan fingerprint density at radius 3 is 2.76 bits per heavy atom. The second-order valence-electron chi connectivity index (χ2n) is 3.92. The van der Waals surface area contributed by atoms with Crippen LogP contribution in [0, 0.1) is 12.7 Å². The Labute approximate surface area is 104 Å². The van der Waals surface area contributed by atoms with E-state index in [0.29, 0.717) is 12.2 Å². The van der Waals surface area contributed by atoms with E-state index in [-0.39, 0.29) is 5.02 Å². The lowest BCUT2D eigenvalue weighted by Gasteiger charge is -2.08. The Hall–Kier alpha value is -1.61. The zero-order valence-corrected chi connectivity index (χ0v) is 10.1. The van der Waals surface area contributed by atoms with Crippen LogP contribution in [0.1, 0.15) is 16.7 Å². The topological polar surface area (TPSA) is 38.9 Å². The molecule has 0 aliphatic rings. The molecule has 0 aliphatic carbocycles. The Kier molecular flexibility index (Phi) is 3.29. The average Bonchev–Trinajstić information content (AvgIpc) is 2.28. The molecule has 0 spiro atoms. The van der Waals surface area contributed by atoms with Gasteiger partial charge in [0, 0.05) is 18.2 Å². The molecule has 0 saturated carbocycles. The highest BCUT2D eigenvalue weighted by Gasteiger charge is 2.07. The molecule has 0 radical (unpaired) electrons. The van der Waals surface area contributed by atoms with Crippen LogP contribution >= 0.6 is 11.6 Å². The first-order valence-corrected chi connectivity index (χ1v) is 5.59. The zero-order chi connectivity index (χ0) is 12.4. The fourth-order valence-electron chi connectivity index (χ4n) is 1.69. The van der Waals surface area contributed by atoms with Crippen LogP contribution in [0.2, 0.25) is 5.02 Å². The van der Waals surface area contributed by atoms with Crippen molar-refractivity contribution >= 4 is 17.4 Å². The second kappa shape index (κ2) is 4.72. The fourth-order valence-corrected chi connectivity index (χ4v) is 1.90. The molecule has 17 heavy (non-hydrogen) atoms. The predicted molar refractivity (Wildman–Crippen MR) is 67.6 cm³/mol. The van der Waals surface area contributed by atoms with Crippen LogP contribution in [0.5, 0.6) is 0 Å². The molecule has 0 atom stereocenters. The molecule has 4 heteroatoms. The summed E-state index contributed by atoms with van der Waals surface area (Å²) >= 11 is 5.74. The first-order valence-electron chi connectivity index (χ1n) is 5.22. The van der Waals surface area contributed by atoms with Gasteiger partial charge in [-0.25, -0.2) is 9.37 Å². The first-order chi connectivity index (χ1) is 8.08. The molecule has 0 saturated heterocycles. The van der Waals surface area contributed by atoms with Crippen molar-refractivity contribution in [1.82, 2.24) is 4.98 Å². The van der Waals surface area contributed by atoms with E-state index in [9.17, 15) is 4.39 Å². The van der Waals surface area contributed by atoms with Crippen molar-refractivity contribution < 1.29 is 4.39 Å². The Balaban J connectivity index is 2.35. The summed E-state index contributed by atoms with van der Waals surface area (Å²) in [6.07, 6.45) is 2.28. The van der Waals surface area contributed by atoms with Gasteiger partial charge < -0.3 is 5.73 Å². The fraction of sp³-hybridized carbons (Fsp3) is 0.154. The monoisotopic (exact) mass is 250 g/mol. The lowest BCUT2D eigenvalue weighted by atomic mass is 10.0. The number of rotatable bonds is 2. The summed E-state index contributed by atoms with van der Waals surface area (Å²) in [4.78, 5) is 4.05. The number of nitrogens with two attached hydrogens (primary N) is 1. The quantitative estimate of drug-likeness (QED) is 0.888. The number of hydrogen-bond acceptors (Lipinski definition) is 2. The van der Waals surface area contributed by atoms with E-state index in [2.05, 4.69) is 4.98 Å². The number of aromatic nitrogens is 1. The van der Waals surface area contributed by atoms with E-state index in [1.165, 1.54) is 6.07 Å². The zero-order valence-electron chi connectivity index (χ0n) is 9.37. The predicted octanol–water partition coefficient (Wildman–Crippen LogP) is 3.36. The molecule has 2 aromatic rings. The van der Waals surface area contributed by atoms with Gasteiger partial charge in [-0.15, -0.1) is 0 Å². The minimum absolute atomic E-state index is 0.127. The van der Waals surface area contributed by atoms with E-state index in [1.54, 1.807) is 18.3 Å². The molecule has 88 valence electrons. The number of anilines is 1. The Morgan fingerprint density at radius 2 is 2.12 bits per heavy atom. The molecule has 2 rings (SSSR count). The maximum absolute atomic E-state index is 13.0. The van der Waals surface area contributed by atoms with E-state index in [0.717, 1.165) is 16.7 Å². The third-order valence-corrected chi connectivity index (χ3v) is 2.98. The lowest BCUT2D eigenvalue weighted by Crippen LogP contribution is -2.01. The maximum Gasteiger partial charge on any atom is 0.141 e. The van der Waals surface area contributed by atoms with Gasteiger partial charge in [0.2, 0.25) is 0 Å². The summed E-state index contributed by atoms with van der Waals surface area (Å²) in [5, 5.41) is 0.127. The van der Waals surface area contributed by atoms with Crippen molar-refractivity contribution in [3.8, 4) is 0 Å². The smallest absolute Gasteiger partial charge is 0.141 e. The highest BCUT2D eigenvalue weighted by Crippen LogP contribution is 2.22. The lowest BCUT2D eigenvalue weighted by molar-refractivity contribution is 0.627. The van der Waals surface area contributed by atoms with Crippen molar-refractivity contribution in [1.29, 1.82) is 0 Å². The van der Waals surface area contributed by atoms with Gasteiger partial charge in [0.05, 0.1) is 5.02 Å². The van der Waals surface area contributed by atoms with Gasteiger partial charge in [-0.2, -0.15) is 0 Å². The SMILES string of the molecule is Cc1ccnc(N)c1Cc1ccc(F)c(Cl)c1. The molecule has 0 bridgehead atoms. The van der Waals surface area contributed by atoms with Crippen LogP contribution in [0.25, 0.3) is 0 Å². The number of nitrogens with zero attached hydrogens (tertiary/aromatic N) is 1. The van der Waals surface area contributed by atoms with E-state index >= 15 is 0 Å². The minimum atomic E-state index is -0.411.